The molecule has 0 bridgehead atoms. The highest BCUT2D eigenvalue weighted by molar-refractivity contribution is 7.88. The van der Waals surface area contributed by atoms with Crippen LogP contribution in [0.25, 0.3) is 21.9 Å². The molecule has 3 aromatic rings. The van der Waals surface area contributed by atoms with Gasteiger partial charge in [-0.1, -0.05) is 0 Å². The first-order valence-electron chi connectivity index (χ1n) is 9.00. The molecule has 0 saturated carbocycles. The average molecular weight is 382 g/mol. The summed E-state index contributed by atoms with van der Waals surface area (Å²) in [5.41, 5.74) is 3.26. The number of sulfonamides is 1. The minimum atomic E-state index is -3.11. The van der Waals surface area contributed by atoms with Gasteiger partial charge in [-0.2, -0.15) is 0 Å². The van der Waals surface area contributed by atoms with E-state index in [0.717, 1.165) is 40.4 Å². The van der Waals surface area contributed by atoms with Crippen LogP contribution in [-0.2, 0) is 10.0 Å². The molecular weight excluding hydrogens is 360 g/mol. The Balaban J connectivity index is 1.63. The maximum Gasteiger partial charge on any atom is 0.211 e. The maximum absolute atomic E-state index is 11.7. The van der Waals surface area contributed by atoms with E-state index in [1.807, 2.05) is 24.4 Å². The van der Waals surface area contributed by atoms with E-state index < -0.39 is 10.0 Å². The molecule has 0 atom stereocenters. The van der Waals surface area contributed by atoms with E-state index >= 15 is 0 Å². The molecule has 1 aromatic carbocycles. The molecule has 0 aliphatic carbocycles. The number of nitrogens with one attached hydrogen (secondary N) is 1. The Bertz CT molecular complexity index is 1050. The van der Waals surface area contributed by atoms with E-state index in [1.54, 1.807) is 22.9 Å². The highest BCUT2D eigenvalue weighted by Crippen LogP contribution is 2.31. The summed E-state index contributed by atoms with van der Waals surface area (Å²) in [6.07, 6.45) is 10.1. The largest absolute Gasteiger partial charge is 0.382 e. The van der Waals surface area contributed by atoms with Gasteiger partial charge in [-0.15, -0.1) is 0 Å². The molecular formula is C20H22N4O2S. The third kappa shape index (κ3) is 3.94. The summed E-state index contributed by atoms with van der Waals surface area (Å²) in [7, 11) is -3.11. The highest BCUT2D eigenvalue weighted by Gasteiger charge is 2.25. The van der Waals surface area contributed by atoms with Crippen LogP contribution in [0.3, 0.4) is 0 Å². The van der Waals surface area contributed by atoms with Gasteiger partial charge in [0.15, 0.2) is 0 Å². The Morgan fingerprint density at radius 2 is 1.70 bits per heavy atom. The van der Waals surface area contributed by atoms with Crippen LogP contribution < -0.4 is 5.32 Å². The molecule has 0 radical (unpaired) electrons. The van der Waals surface area contributed by atoms with Crippen LogP contribution >= 0.6 is 0 Å². The third-order valence-corrected chi connectivity index (χ3v) is 6.36. The molecule has 0 spiro atoms. The van der Waals surface area contributed by atoms with Crippen molar-refractivity contribution in [2.45, 2.75) is 18.9 Å². The zero-order valence-electron chi connectivity index (χ0n) is 15.2. The van der Waals surface area contributed by atoms with Crippen molar-refractivity contribution in [3.8, 4) is 11.1 Å². The molecule has 1 N–H and O–H groups in total. The fraction of sp³-hybridized carbons (Fsp3) is 0.300. The molecule has 4 rings (SSSR count). The first-order valence-corrected chi connectivity index (χ1v) is 10.9. The third-order valence-electron chi connectivity index (χ3n) is 5.05. The molecule has 0 unspecified atom stereocenters. The Kier molecular flexibility index (Phi) is 4.80. The number of fused-ring (bicyclic) bond motifs is 1. The van der Waals surface area contributed by atoms with E-state index in [2.05, 4.69) is 27.4 Å². The van der Waals surface area contributed by atoms with Crippen molar-refractivity contribution in [1.82, 2.24) is 14.3 Å². The van der Waals surface area contributed by atoms with Crippen molar-refractivity contribution in [2.75, 3.05) is 24.7 Å². The fourth-order valence-electron chi connectivity index (χ4n) is 3.58. The smallest absolute Gasteiger partial charge is 0.211 e. The first-order chi connectivity index (χ1) is 13.0. The van der Waals surface area contributed by atoms with Gasteiger partial charge in [-0.3, -0.25) is 9.97 Å². The van der Waals surface area contributed by atoms with E-state index in [-0.39, 0.29) is 6.04 Å². The quantitative estimate of drug-likeness (QED) is 0.750. The maximum atomic E-state index is 11.7. The normalized spacial score (nSPS) is 16.5. The van der Waals surface area contributed by atoms with Gasteiger partial charge in [0.05, 0.1) is 6.26 Å². The number of aromatic nitrogens is 2. The number of hydrogen-bond donors (Lipinski definition) is 1. The van der Waals surface area contributed by atoms with E-state index in [9.17, 15) is 8.42 Å². The molecule has 6 nitrogen and oxygen atoms in total. The van der Waals surface area contributed by atoms with Crippen LogP contribution in [0.15, 0.2) is 55.1 Å². The minimum Gasteiger partial charge on any atom is -0.382 e. The van der Waals surface area contributed by atoms with Gasteiger partial charge in [0.25, 0.3) is 0 Å². The molecule has 1 aliphatic heterocycles. The number of benzene rings is 1. The van der Waals surface area contributed by atoms with Crippen LogP contribution in [-0.4, -0.2) is 48.1 Å². The highest BCUT2D eigenvalue weighted by atomic mass is 32.2. The number of piperidine rings is 1. The van der Waals surface area contributed by atoms with Crippen LogP contribution in [0.5, 0.6) is 0 Å². The van der Waals surface area contributed by atoms with Gasteiger partial charge < -0.3 is 5.32 Å². The summed E-state index contributed by atoms with van der Waals surface area (Å²) >= 11 is 0. The lowest BCUT2D eigenvalue weighted by Crippen LogP contribution is -2.41. The summed E-state index contributed by atoms with van der Waals surface area (Å²) in [6, 6.07) is 10.5. The molecule has 1 aliphatic rings. The van der Waals surface area contributed by atoms with Crippen molar-refractivity contribution in [3.05, 3.63) is 55.1 Å². The Morgan fingerprint density at radius 3 is 2.41 bits per heavy atom. The average Bonchev–Trinajstić information content (AvgIpc) is 2.68. The molecule has 0 amide bonds. The second kappa shape index (κ2) is 7.25. The second-order valence-corrected chi connectivity index (χ2v) is 8.92. The molecule has 1 saturated heterocycles. The van der Waals surface area contributed by atoms with Gasteiger partial charge >= 0.3 is 0 Å². The van der Waals surface area contributed by atoms with Crippen molar-refractivity contribution in [3.63, 3.8) is 0 Å². The van der Waals surface area contributed by atoms with Crippen molar-refractivity contribution in [1.29, 1.82) is 0 Å². The number of rotatable bonds is 4. The fourth-order valence-corrected chi connectivity index (χ4v) is 4.45. The molecule has 7 heteroatoms. The topological polar surface area (TPSA) is 75.2 Å². The molecule has 140 valence electrons. The number of pyridine rings is 2. The minimum absolute atomic E-state index is 0.235. The first kappa shape index (κ1) is 17.9. The zero-order valence-corrected chi connectivity index (χ0v) is 16.0. The Labute approximate surface area is 159 Å². The van der Waals surface area contributed by atoms with Crippen molar-refractivity contribution in [2.24, 2.45) is 0 Å². The van der Waals surface area contributed by atoms with E-state index in [0.29, 0.717) is 13.1 Å². The lowest BCUT2D eigenvalue weighted by Gasteiger charge is -2.31. The van der Waals surface area contributed by atoms with Gasteiger partial charge in [-0.25, -0.2) is 12.7 Å². The van der Waals surface area contributed by atoms with E-state index in [4.69, 9.17) is 0 Å². The number of anilines is 1. The van der Waals surface area contributed by atoms with Crippen LogP contribution in [0, 0.1) is 0 Å². The Hall–Kier alpha value is -2.51. The zero-order chi connectivity index (χ0) is 18.9. The van der Waals surface area contributed by atoms with Crippen LogP contribution in [0.4, 0.5) is 5.69 Å². The lowest BCUT2D eigenvalue weighted by atomic mass is 10.00. The lowest BCUT2D eigenvalue weighted by molar-refractivity contribution is 0.332. The van der Waals surface area contributed by atoms with Crippen LogP contribution in [0.2, 0.25) is 0 Å². The van der Waals surface area contributed by atoms with Crippen molar-refractivity contribution >= 4 is 26.5 Å². The van der Waals surface area contributed by atoms with Gasteiger partial charge in [0.1, 0.15) is 0 Å². The monoisotopic (exact) mass is 382 g/mol. The number of nitrogens with zero attached hydrogens (tertiary/aromatic N) is 3. The van der Waals surface area contributed by atoms with Crippen LogP contribution in [0.1, 0.15) is 12.8 Å². The standard InChI is InChI=1S/C20H22N4O2S/c1-27(25,26)24-10-5-18(6-11-24)23-20-13-17(15-2-7-21-8-3-15)12-16-4-9-22-14-19(16)20/h2-4,7-9,12-14,18,23H,5-6,10-11H2,1H3. The summed E-state index contributed by atoms with van der Waals surface area (Å²) in [6.45, 7) is 1.10. The summed E-state index contributed by atoms with van der Waals surface area (Å²) < 4.78 is 25.0. The predicted molar refractivity (Wildman–Crippen MR) is 108 cm³/mol. The van der Waals surface area contributed by atoms with Gasteiger partial charge in [0.2, 0.25) is 10.0 Å². The molecule has 27 heavy (non-hydrogen) atoms. The molecule has 3 heterocycles. The van der Waals surface area contributed by atoms with Gasteiger partial charge in [-0.05, 0) is 59.7 Å². The van der Waals surface area contributed by atoms with E-state index in [1.165, 1.54) is 6.26 Å². The summed E-state index contributed by atoms with van der Waals surface area (Å²) in [5.74, 6) is 0. The summed E-state index contributed by atoms with van der Waals surface area (Å²) in [4.78, 5) is 8.37. The molecule has 1 fully saturated rings. The molecule has 2 aromatic heterocycles. The SMILES string of the molecule is CS(=O)(=O)N1CCC(Nc2cc(-c3ccncc3)cc3ccncc23)CC1. The van der Waals surface area contributed by atoms with Crippen molar-refractivity contribution < 1.29 is 8.42 Å². The second-order valence-electron chi connectivity index (χ2n) is 6.94. The van der Waals surface area contributed by atoms with Gasteiger partial charge in [0, 0.05) is 55.0 Å². The number of hydrogen-bond acceptors (Lipinski definition) is 5. The summed E-state index contributed by atoms with van der Waals surface area (Å²) in [5, 5.41) is 5.82. The Morgan fingerprint density at radius 1 is 1.00 bits per heavy atom. The predicted octanol–water partition coefficient (Wildman–Crippen LogP) is 3.13.